The second-order valence-electron chi connectivity index (χ2n) is 5.57. The zero-order valence-electron chi connectivity index (χ0n) is 14.3. The maximum absolute atomic E-state index is 12.3. The third-order valence-electron chi connectivity index (χ3n) is 3.61. The summed E-state index contributed by atoms with van der Waals surface area (Å²) < 4.78 is 0. The van der Waals surface area contributed by atoms with E-state index in [0.29, 0.717) is 5.75 Å². The van der Waals surface area contributed by atoms with Crippen molar-refractivity contribution < 1.29 is 4.79 Å². The van der Waals surface area contributed by atoms with E-state index in [4.69, 9.17) is 0 Å². The van der Waals surface area contributed by atoms with Gasteiger partial charge in [0.1, 0.15) is 10.1 Å². The van der Waals surface area contributed by atoms with Crippen LogP contribution in [0.3, 0.4) is 0 Å². The van der Waals surface area contributed by atoms with Crippen LogP contribution in [0, 0.1) is 0 Å². The largest absolute Gasteiger partial charge is 0.349 e. The predicted octanol–water partition coefficient (Wildman–Crippen LogP) is 4.60. The van der Waals surface area contributed by atoms with Crippen LogP contribution in [-0.2, 0) is 4.79 Å². The molecule has 0 aliphatic carbocycles. The van der Waals surface area contributed by atoms with Gasteiger partial charge in [0.15, 0.2) is 0 Å². The number of aromatic nitrogens is 2. The fourth-order valence-electron chi connectivity index (χ4n) is 2.32. The van der Waals surface area contributed by atoms with Crippen molar-refractivity contribution in [3.8, 4) is 0 Å². The average molecular weight is 382 g/mol. The number of carbonyl (C=O) groups is 1. The maximum atomic E-state index is 12.3. The van der Waals surface area contributed by atoms with Gasteiger partial charge in [0.2, 0.25) is 5.91 Å². The zero-order chi connectivity index (χ0) is 18.2. The van der Waals surface area contributed by atoms with Crippen molar-refractivity contribution in [2.75, 3.05) is 5.75 Å². The van der Waals surface area contributed by atoms with Gasteiger partial charge in [-0.05, 0) is 24.6 Å². The summed E-state index contributed by atoms with van der Waals surface area (Å²) >= 11 is 2.96. The molecule has 1 atom stereocenters. The summed E-state index contributed by atoms with van der Waals surface area (Å²) in [4.78, 5) is 22.2. The third-order valence-corrected chi connectivity index (χ3v) is 5.72. The molecule has 0 bridgehead atoms. The van der Waals surface area contributed by atoms with Crippen LogP contribution in [0.25, 0.3) is 0 Å². The first kappa shape index (κ1) is 18.5. The molecule has 0 aliphatic rings. The highest BCUT2D eigenvalue weighted by Gasteiger charge is 2.13. The standard InChI is InChI=1S/C20H19N3OS2/c1-15(16-8-4-2-5-9-16)23-18(24)14-25-19-20(22-13-12-21-19)26-17-10-6-3-7-11-17/h2-13,15H,14H2,1H3,(H,23,24)/t15-/m1/s1. The Morgan fingerprint density at radius 1 is 0.962 bits per heavy atom. The minimum Gasteiger partial charge on any atom is -0.349 e. The Morgan fingerprint density at radius 3 is 2.27 bits per heavy atom. The summed E-state index contributed by atoms with van der Waals surface area (Å²) in [6.07, 6.45) is 3.33. The molecule has 3 rings (SSSR count). The number of benzene rings is 2. The number of amides is 1. The van der Waals surface area contributed by atoms with Gasteiger partial charge >= 0.3 is 0 Å². The lowest BCUT2D eigenvalue weighted by Gasteiger charge is -2.14. The lowest BCUT2D eigenvalue weighted by molar-refractivity contribution is -0.119. The molecule has 0 unspecified atom stereocenters. The molecule has 1 aromatic heterocycles. The molecule has 1 amide bonds. The van der Waals surface area contributed by atoms with Crippen LogP contribution in [0.1, 0.15) is 18.5 Å². The van der Waals surface area contributed by atoms with Gasteiger partial charge in [-0.1, -0.05) is 72.1 Å². The van der Waals surface area contributed by atoms with Crippen LogP contribution in [0.4, 0.5) is 0 Å². The lowest BCUT2D eigenvalue weighted by Crippen LogP contribution is -2.28. The molecule has 1 heterocycles. The van der Waals surface area contributed by atoms with Crippen molar-refractivity contribution in [3.63, 3.8) is 0 Å². The normalized spacial score (nSPS) is 11.7. The first-order chi connectivity index (χ1) is 12.7. The minimum absolute atomic E-state index is 0.0207. The number of hydrogen-bond donors (Lipinski definition) is 1. The quantitative estimate of drug-likeness (QED) is 0.606. The summed E-state index contributed by atoms with van der Waals surface area (Å²) in [5.74, 6) is 0.283. The van der Waals surface area contributed by atoms with Gasteiger partial charge in [-0.3, -0.25) is 4.79 Å². The van der Waals surface area contributed by atoms with E-state index in [1.807, 2.05) is 67.6 Å². The Balaban J connectivity index is 1.58. The molecule has 3 aromatic rings. The Morgan fingerprint density at radius 2 is 1.58 bits per heavy atom. The van der Waals surface area contributed by atoms with Gasteiger partial charge in [0, 0.05) is 17.3 Å². The van der Waals surface area contributed by atoms with Gasteiger partial charge in [-0.2, -0.15) is 0 Å². The molecular weight excluding hydrogens is 362 g/mol. The van der Waals surface area contributed by atoms with Crippen molar-refractivity contribution in [1.29, 1.82) is 0 Å². The highest BCUT2D eigenvalue weighted by molar-refractivity contribution is 8.02. The van der Waals surface area contributed by atoms with Crippen LogP contribution in [-0.4, -0.2) is 21.6 Å². The number of rotatable bonds is 7. The Bertz CT molecular complexity index is 844. The van der Waals surface area contributed by atoms with Crippen LogP contribution in [0.15, 0.2) is 88.0 Å². The molecule has 2 aromatic carbocycles. The van der Waals surface area contributed by atoms with E-state index in [2.05, 4.69) is 15.3 Å². The van der Waals surface area contributed by atoms with Gasteiger partial charge in [0.05, 0.1) is 11.8 Å². The molecule has 1 N–H and O–H groups in total. The van der Waals surface area contributed by atoms with E-state index in [-0.39, 0.29) is 11.9 Å². The lowest BCUT2D eigenvalue weighted by atomic mass is 10.1. The van der Waals surface area contributed by atoms with Crippen LogP contribution in [0.5, 0.6) is 0 Å². The second-order valence-corrected chi connectivity index (χ2v) is 7.60. The molecule has 0 fully saturated rings. The van der Waals surface area contributed by atoms with E-state index in [1.165, 1.54) is 11.8 Å². The van der Waals surface area contributed by atoms with Crippen LogP contribution >= 0.6 is 23.5 Å². The minimum atomic E-state index is -0.0238. The van der Waals surface area contributed by atoms with E-state index in [9.17, 15) is 4.79 Å². The molecule has 0 spiro atoms. The predicted molar refractivity (Wildman–Crippen MR) is 106 cm³/mol. The van der Waals surface area contributed by atoms with Gasteiger partial charge < -0.3 is 5.32 Å². The zero-order valence-corrected chi connectivity index (χ0v) is 16.0. The summed E-state index contributed by atoms with van der Waals surface area (Å²) in [7, 11) is 0. The molecule has 6 heteroatoms. The van der Waals surface area contributed by atoms with Crippen molar-refractivity contribution in [1.82, 2.24) is 15.3 Å². The van der Waals surface area contributed by atoms with Crippen molar-refractivity contribution >= 4 is 29.4 Å². The maximum Gasteiger partial charge on any atom is 0.230 e. The SMILES string of the molecule is C[C@@H](NC(=O)CSc1nccnc1Sc1ccccc1)c1ccccc1. The molecule has 4 nitrogen and oxygen atoms in total. The first-order valence-electron chi connectivity index (χ1n) is 8.23. The van der Waals surface area contributed by atoms with E-state index in [0.717, 1.165) is 20.5 Å². The van der Waals surface area contributed by atoms with Crippen molar-refractivity contribution in [3.05, 3.63) is 78.6 Å². The fourth-order valence-corrected chi connectivity index (χ4v) is 4.06. The Labute approximate surface area is 161 Å². The molecule has 0 saturated heterocycles. The monoisotopic (exact) mass is 381 g/mol. The van der Waals surface area contributed by atoms with E-state index in [1.54, 1.807) is 24.2 Å². The van der Waals surface area contributed by atoms with Crippen molar-refractivity contribution in [2.24, 2.45) is 0 Å². The van der Waals surface area contributed by atoms with Gasteiger partial charge in [0.25, 0.3) is 0 Å². The smallest absolute Gasteiger partial charge is 0.230 e. The highest BCUT2D eigenvalue weighted by atomic mass is 32.2. The number of nitrogens with one attached hydrogen (secondary N) is 1. The summed E-state index contributed by atoms with van der Waals surface area (Å²) in [6.45, 7) is 1.98. The molecule has 0 aliphatic heterocycles. The third kappa shape index (κ3) is 5.34. The van der Waals surface area contributed by atoms with Gasteiger partial charge in [-0.15, -0.1) is 0 Å². The van der Waals surface area contributed by atoms with Crippen LogP contribution in [0.2, 0.25) is 0 Å². The average Bonchev–Trinajstić information content (AvgIpc) is 2.69. The molecule has 0 radical (unpaired) electrons. The number of nitrogens with zero attached hydrogens (tertiary/aromatic N) is 2. The van der Waals surface area contributed by atoms with Crippen LogP contribution < -0.4 is 5.32 Å². The Kier molecular flexibility index (Phi) is 6.68. The first-order valence-corrected chi connectivity index (χ1v) is 10.0. The Hall–Kier alpha value is -2.31. The molecule has 26 heavy (non-hydrogen) atoms. The number of hydrogen-bond acceptors (Lipinski definition) is 5. The van der Waals surface area contributed by atoms with E-state index < -0.39 is 0 Å². The topological polar surface area (TPSA) is 54.9 Å². The molecule has 0 saturated carbocycles. The highest BCUT2D eigenvalue weighted by Crippen LogP contribution is 2.32. The fraction of sp³-hybridized carbons (Fsp3) is 0.150. The molecular formula is C20H19N3OS2. The number of carbonyl (C=O) groups excluding carboxylic acids is 1. The summed E-state index contributed by atoms with van der Waals surface area (Å²) in [5, 5.41) is 4.60. The second kappa shape index (κ2) is 9.40. The van der Waals surface area contributed by atoms with Gasteiger partial charge in [-0.25, -0.2) is 9.97 Å². The van der Waals surface area contributed by atoms with Crippen molar-refractivity contribution in [2.45, 2.75) is 27.9 Å². The summed E-state index contributed by atoms with van der Waals surface area (Å²) in [5.41, 5.74) is 1.09. The summed E-state index contributed by atoms with van der Waals surface area (Å²) in [6, 6.07) is 19.9. The molecule has 132 valence electrons. The van der Waals surface area contributed by atoms with E-state index >= 15 is 0 Å². The number of thioether (sulfide) groups is 1.